The van der Waals surface area contributed by atoms with E-state index < -0.39 is 0 Å². The lowest BCUT2D eigenvalue weighted by atomic mass is 10.1. The minimum Gasteiger partial charge on any atom is -0.329 e. The summed E-state index contributed by atoms with van der Waals surface area (Å²) in [6.45, 7) is 7.82. The van der Waals surface area contributed by atoms with Crippen LogP contribution in [-0.4, -0.2) is 34.3 Å². The summed E-state index contributed by atoms with van der Waals surface area (Å²) in [6, 6.07) is 11.0. The van der Waals surface area contributed by atoms with Crippen LogP contribution in [0.3, 0.4) is 0 Å². The summed E-state index contributed by atoms with van der Waals surface area (Å²) in [4.78, 5) is 2.40. The van der Waals surface area contributed by atoms with Crippen molar-refractivity contribution in [2.75, 3.05) is 19.6 Å². The fraction of sp³-hybridized carbons (Fsp3) is 0.471. The Morgan fingerprint density at radius 2 is 1.90 bits per heavy atom. The lowest BCUT2D eigenvalue weighted by Crippen LogP contribution is -2.30. The van der Waals surface area contributed by atoms with Gasteiger partial charge in [0.25, 0.3) is 0 Å². The standard InChI is InChI=1S/C17H26N4/c1-15(2)21-14-17(12-19-21)13-20(11-9-18)10-8-16-6-4-3-5-7-16/h3-7,12,14-15H,8-11,13,18H2,1-2H3. The molecule has 4 nitrogen and oxygen atoms in total. The zero-order valence-corrected chi connectivity index (χ0v) is 13.1. The molecule has 114 valence electrons. The predicted octanol–water partition coefficient (Wildman–Crippen LogP) is 2.47. The van der Waals surface area contributed by atoms with Gasteiger partial charge in [-0.3, -0.25) is 9.58 Å². The van der Waals surface area contributed by atoms with Crippen LogP contribution in [0.5, 0.6) is 0 Å². The van der Waals surface area contributed by atoms with E-state index in [-0.39, 0.29) is 0 Å². The Morgan fingerprint density at radius 1 is 1.14 bits per heavy atom. The summed E-state index contributed by atoms with van der Waals surface area (Å²) in [5.74, 6) is 0. The second-order valence-corrected chi connectivity index (χ2v) is 5.72. The third-order valence-electron chi connectivity index (χ3n) is 3.60. The second-order valence-electron chi connectivity index (χ2n) is 5.72. The van der Waals surface area contributed by atoms with Crippen molar-refractivity contribution in [2.45, 2.75) is 32.9 Å². The number of benzene rings is 1. The van der Waals surface area contributed by atoms with Crippen molar-refractivity contribution < 1.29 is 0 Å². The molecular weight excluding hydrogens is 260 g/mol. The van der Waals surface area contributed by atoms with Gasteiger partial charge in [-0.25, -0.2) is 0 Å². The summed E-state index contributed by atoms with van der Waals surface area (Å²) in [7, 11) is 0. The van der Waals surface area contributed by atoms with E-state index in [1.54, 1.807) is 0 Å². The number of aromatic nitrogens is 2. The summed E-state index contributed by atoms with van der Waals surface area (Å²) >= 11 is 0. The topological polar surface area (TPSA) is 47.1 Å². The molecule has 0 radical (unpaired) electrons. The van der Waals surface area contributed by atoms with E-state index in [1.807, 2.05) is 10.9 Å². The molecule has 21 heavy (non-hydrogen) atoms. The van der Waals surface area contributed by atoms with Gasteiger partial charge in [0.05, 0.1) is 6.20 Å². The highest BCUT2D eigenvalue weighted by Gasteiger charge is 2.08. The quantitative estimate of drug-likeness (QED) is 0.811. The first-order valence-corrected chi connectivity index (χ1v) is 7.68. The first-order chi connectivity index (χ1) is 10.2. The molecule has 0 saturated carbocycles. The predicted molar refractivity (Wildman–Crippen MR) is 87.1 cm³/mol. The number of hydrogen-bond acceptors (Lipinski definition) is 3. The summed E-state index contributed by atoms with van der Waals surface area (Å²) < 4.78 is 2.01. The molecule has 0 spiro atoms. The SMILES string of the molecule is CC(C)n1cc(CN(CCN)CCc2ccccc2)cn1. The lowest BCUT2D eigenvalue weighted by Gasteiger charge is -2.20. The molecule has 0 aliphatic carbocycles. The summed E-state index contributed by atoms with van der Waals surface area (Å²) in [5, 5.41) is 4.41. The van der Waals surface area contributed by atoms with Crippen LogP contribution in [0, 0.1) is 0 Å². The van der Waals surface area contributed by atoms with Crippen molar-refractivity contribution in [1.82, 2.24) is 14.7 Å². The molecule has 1 aromatic heterocycles. The maximum absolute atomic E-state index is 5.74. The van der Waals surface area contributed by atoms with Crippen molar-refractivity contribution in [3.05, 3.63) is 53.9 Å². The third-order valence-corrected chi connectivity index (χ3v) is 3.60. The van der Waals surface area contributed by atoms with Gasteiger partial charge >= 0.3 is 0 Å². The molecule has 0 saturated heterocycles. The van der Waals surface area contributed by atoms with Gasteiger partial charge in [0.2, 0.25) is 0 Å². The van der Waals surface area contributed by atoms with Gasteiger partial charge in [-0.1, -0.05) is 30.3 Å². The Bertz CT molecular complexity index is 519. The van der Waals surface area contributed by atoms with Crippen LogP contribution in [0.25, 0.3) is 0 Å². The van der Waals surface area contributed by atoms with Gasteiger partial charge in [-0.05, 0) is 25.8 Å². The fourth-order valence-electron chi connectivity index (χ4n) is 2.38. The minimum absolute atomic E-state index is 0.408. The monoisotopic (exact) mass is 286 g/mol. The second kappa shape index (κ2) is 7.96. The molecule has 1 aromatic carbocycles. The first-order valence-electron chi connectivity index (χ1n) is 7.68. The van der Waals surface area contributed by atoms with Gasteiger partial charge in [-0.15, -0.1) is 0 Å². The Kier molecular flexibility index (Phi) is 5.96. The summed E-state index contributed by atoms with van der Waals surface area (Å²) in [6.07, 6.45) is 5.15. The van der Waals surface area contributed by atoms with Gasteiger partial charge in [0, 0.05) is 44.0 Å². The Labute approximate surface area is 127 Å². The number of nitrogens with zero attached hydrogens (tertiary/aromatic N) is 3. The Hall–Kier alpha value is -1.65. The smallest absolute Gasteiger partial charge is 0.0534 e. The lowest BCUT2D eigenvalue weighted by molar-refractivity contribution is 0.276. The Balaban J connectivity index is 1.91. The van der Waals surface area contributed by atoms with Gasteiger partial charge < -0.3 is 5.73 Å². The zero-order chi connectivity index (χ0) is 15.1. The highest BCUT2D eigenvalue weighted by atomic mass is 15.3. The molecular formula is C17H26N4. The van der Waals surface area contributed by atoms with Crippen molar-refractivity contribution in [1.29, 1.82) is 0 Å². The van der Waals surface area contributed by atoms with E-state index in [9.17, 15) is 0 Å². The molecule has 0 aliphatic rings. The molecule has 4 heteroatoms. The average molecular weight is 286 g/mol. The maximum atomic E-state index is 5.74. The fourth-order valence-corrected chi connectivity index (χ4v) is 2.38. The molecule has 2 rings (SSSR count). The number of hydrogen-bond donors (Lipinski definition) is 1. The van der Waals surface area contributed by atoms with Crippen LogP contribution in [0.4, 0.5) is 0 Å². The third kappa shape index (κ3) is 4.99. The molecule has 1 heterocycles. The first kappa shape index (κ1) is 15.7. The van der Waals surface area contributed by atoms with E-state index in [2.05, 4.69) is 60.4 Å². The maximum Gasteiger partial charge on any atom is 0.0534 e. The van der Waals surface area contributed by atoms with Crippen LogP contribution in [0.15, 0.2) is 42.7 Å². The van der Waals surface area contributed by atoms with E-state index in [0.29, 0.717) is 12.6 Å². The van der Waals surface area contributed by atoms with E-state index >= 15 is 0 Å². The molecule has 0 atom stereocenters. The summed E-state index contributed by atoms with van der Waals surface area (Å²) in [5.41, 5.74) is 8.37. The van der Waals surface area contributed by atoms with Crippen LogP contribution < -0.4 is 5.73 Å². The van der Waals surface area contributed by atoms with E-state index in [0.717, 1.165) is 26.1 Å². The molecule has 0 aliphatic heterocycles. The highest BCUT2D eigenvalue weighted by Crippen LogP contribution is 2.09. The normalized spacial score (nSPS) is 11.5. The minimum atomic E-state index is 0.408. The van der Waals surface area contributed by atoms with Crippen molar-refractivity contribution >= 4 is 0 Å². The molecule has 2 N–H and O–H groups in total. The molecule has 0 fully saturated rings. The van der Waals surface area contributed by atoms with E-state index in [4.69, 9.17) is 5.73 Å². The van der Waals surface area contributed by atoms with Crippen LogP contribution >= 0.6 is 0 Å². The molecule has 0 unspecified atom stereocenters. The number of nitrogens with two attached hydrogens (primary N) is 1. The average Bonchev–Trinajstić information content (AvgIpc) is 2.95. The molecule has 0 bridgehead atoms. The molecule has 0 amide bonds. The largest absolute Gasteiger partial charge is 0.329 e. The van der Waals surface area contributed by atoms with Gasteiger partial charge in [-0.2, -0.15) is 5.10 Å². The Morgan fingerprint density at radius 3 is 2.52 bits per heavy atom. The van der Waals surface area contributed by atoms with Crippen LogP contribution in [0.2, 0.25) is 0 Å². The van der Waals surface area contributed by atoms with Gasteiger partial charge in [0.15, 0.2) is 0 Å². The van der Waals surface area contributed by atoms with Crippen LogP contribution in [-0.2, 0) is 13.0 Å². The highest BCUT2D eigenvalue weighted by molar-refractivity contribution is 5.15. The number of rotatable bonds is 8. The van der Waals surface area contributed by atoms with Gasteiger partial charge in [0.1, 0.15) is 0 Å². The van der Waals surface area contributed by atoms with Crippen molar-refractivity contribution in [3.8, 4) is 0 Å². The zero-order valence-electron chi connectivity index (χ0n) is 13.1. The van der Waals surface area contributed by atoms with Crippen LogP contribution in [0.1, 0.15) is 31.0 Å². The van der Waals surface area contributed by atoms with Crippen molar-refractivity contribution in [3.63, 3.8) is 0 Å². The van der Waals surface area contributed by atoms with Crippen molar-refractivity contribution in [2.24, 2.45) is 5.73 Å². The molecule has 2 aromatic rings. The van der Waals surface area contributed by atoms with E-state index in [1.165, 1.54) is 11.1 Å².